The van der Waals surface area contributed by atoms with E-state index in [1.54, 1.807) is 0 Å². The summed E-state index contributed by atoms with van der Waals surface area (Å²) in [5.74, 6) is 2.87. The summed E-state index contributed by atoms with van der Waals surface area (Å²) in [6.45, 7) is 0.775. The van der Waals surface area contributed by atoms with Gasteiger partial charge in [-0.1, -0.05) is 36.4 Å². The first-order chi connectivity index (χ1) is 15.6. The molecule has 0 radical (unpaired) electrons. The number of carbonyl (C=O) groups excluding carboxylic acids is 1. The first-order valence-corrected chi connectivity index (χ1v) is 12.7. The van der Waals surface area contributed by atoms with Gasteiger partial charge in [0.05, 0.1) is 10.8 Å². The number of carbonyl (C=O) groups is 1. The minimum atomic E-state index is -0.190. The van der Waals surface area contributed by atoms with Crippen molar-refractivity contribution in [3.63, 3.8) is 0 Å². The molecule has 4 saturated carbocycles. The summed E-state index contributed by atoms with van der Waals surface area (Å²) in [5, 5.41) is 8.65. The van der Waals surface area contributed by atoms with Crippen molar-refractivity contribution in [2.75, 3.05) is 0 Å². The Morgan fingerprint density at radius 1 is 1.03 bits per heavy atom. The summed E-state index contributed by atoms with van der Waals surface area (Å²) < 4.78 is 4.62. The Kier molecular flexibility index (Phi) is 4.05. The van der Waals surface area contributed by atoms with E-state index in [1.165, 1.54) is 55.4 Å². The third-order valence-electron chi connectivity index (χ3n) is 9.26. The van der Waals surface area contributed by atoms with Crippen LogP contribution in [0.1, 0.15) is 75.5 Å². The van der Waals surface area contributed by atoms with Gasteiger partial charge >= 0.3 is 0 Å². The number of benzene rings is 1. The maximum absolute atomic E-state index is 12.2. The molecule has 1 aromatic heterocycles. The van der Waals surface area contributed by atoms with E-state index in [9.17, 15) is 4.79 Å². The Labute approximate surface area is 189 Å². The van der Waals surface area contributed by atoms with Crippen LogP contribution in [0.4, 0.5) is 0 Å². The molecule has 1 N–H and O–H groups in total. The minimum Gasteiger partial charge on any atom is -0.346 e. The fourth-order valence-electron chi connectivity index (χ4n) is 8.28. The third kappa shape index (κ3) is 2.85. The molecule has 2 aromatic rings. The SMILES string of the molecule is O=C1CC[C@]2(CCC=C2c2c[n+](C34CC5CC(CC(C5)C3)C4)nn2Cc2ccccc2)N1. The summed E-state index contributed by atoms with van der Waals surface area (Å²) in [6, 6.07) is 10.7. The Morgan fingerprint density at radius 3 is 2.41 bits per heavy atom. The molecule has 1 atom stereocenters. The van der Waals surface area contributed by atoms with Crippen molar-refractivity contribution >= 4 is 11.5 Å². The van der Waals surface area contributed by atoms with Crippen LogP contribution < -0.4 is 10.00 Å². The molecule has 1 aromatic carbocycles. The first-order valence-electron chi connectivity index (χ1n) is 12.7. The van der Waals surface area contributed by atoms with E-state index >= 15 is 0 Å². The van der Waals surface area contributed by atoms with Crippen LogP contribution >= 0.6 is 0 Å². The Morgan fingerprint density at radius 2 is 1.75 bits per heavy atom. The van der Waals surface area contributed by atoms with Crippen molar-refractivity contribution in [1.29, 1.82) is 0 Å². The van der Waals surface area contributed by atoms with Gasteiger partial charge < -0.3 is 5.32 Å². The fourth-order valence-corrected chi connectivity index (χ4v) is 8.28. The highest BCUT2D eigenvalue weighted by molar-refractivity contribution is 5.87. The highest BCUT2D eigenvalue weighted by atomic mass is 16.2. The van der Waals surface area contributed by atoms with Crippen LogP contribution in [0.15, 0.2) is 42.6 Å². The number of hydrogen-bond donors (Lipinski definition) is 1. The molecule has 1 spiro atoms. The summed E-state index contributed by atoms with van der Waals surface area (Å²) in [6.07, 6.45) is 16.5. The lowest BCUT2D eigenvalue weighted by molar-refractivity contribution is -0.826. The van der Waals surface area contributed by atoms with E-state index in [-0.39, 0.29) is 17.0 Å². The minimum absolute atomic E-state index is 0.190. The average molecular weight is 430 g/mol. The van der Waals surface area contributed by atoms with Crippen LogP contribution in [0.2, 0.25) is 0 Å². The zero-order valence-corrected chi connectivity index (χ0v) is 18.8. The normalized spacial score (nSPS) is 37.3. The van der Waals surface area contributed by atoms with E-state index in [4.69, 9.17) is 5.21 Å². The number of hydrogen-bond acceptors (Lipinski definition) is 2. The van der Waals surface area contributed by atoms with Crippen molar-refractivity contribution in [2.45, 2.75) is 81.8 Å². The van der Waals surface area contributed by atoms with Crippen molar-refractivity contribution in [1.82, 2.24) is 15.2 Å². The predicted molar refractivity (Wildman–Crippen MR) is 121 cm³/mol. The summed E-state index contributed by atoms with van der Waals surface area (Å²) in [7, 11) is 0. The number of allylic oxidation sites excluding steroid dienone is 1. The molecule has 8 rings (SSSR count). The number of nitrogens with zero attached hydrogens (tertiary/aromatic N) is 3. The zero-order chi connectivity index (χ0) is 21.3. The molecule has 32 heavy (non-hydrogen) atoms. The van der Waals surface area contributed by atoms with Gasteiger partial charge in [-0.05, 0) is 81.1 Å². The van der Waals surface area contributed by atoms with E-state index in [2.05, 4.69) is 57.3 Å². The van der Waals surface area contributed by atoms with Gasteiger partial charge in [-0.25, -0.2) is 0 Å². The van der Waals surface area contributed by atoms with Gasteiger partial charge in [0.2, 0.25) is 5.91 Å². The summed E-state index contributed by atoms with van der Waals surface area (Å²) in [4.78, 5) is 12.2. The van der Waals surface area contributed by atoms with Crippen molar-refractivity contribution in [2.24, 2.45) is 17.8 Å². The maximum atomic E-state index is 12.2. The van der Waals surface area contributed by atoms with E-state index in [0.717, 1.165) is 43.6 Å². The molecule has 1 amide bonds. The molecule has 1 aliphatic heterocycles. The molecular formula is C27H33N4O+. The second-order valence-electron chi connectivity index (χ2n) is 11.4. The lowest BCUT2D eigenvalue weighted by Crippen LogP contribution is -2.65. The highest BCUT2D eigenvalue weighted by Crippen LogP contribution is 2.57. The molecule has 5 fully saturated rings. The molecule has 5 nitrogen and oxygen atoms in total. The molecule has 4 bridgehead atoms. The zero-order valence-electron chi connectivity index (χ0n) is 18.8. The third-order valence-corrected chi connectivity index (χ3v) is 9.26. The molecule has 2 heterocycles. The largest absolute Gasteiger partial charge is 0.346 e. The lowest BCUT2D eigenvalue weighted by Gasteiger charge is -2.53. The van der Waals surface area contributed by atoms with Crippen LogP contribution in [-0.2, 0) is 16.9 Å². The van der Waals surface area contributed by atoms with Gasteiger partial charge in [0, 0.05) is 12.0 Å². The van der Waals surface area contributed by atoms with Crippen molar-refractivity contribution in [3.8, 4) is 0 Å². The smallest absolute Gasteiger partial charge is 0.220 e. The molecule has 0 unspecified atom stereocenters. The van der Waals surface area contributed by atoms with E-state index < -0.39 is 0 Å². The molecule has 5 heteroatoms. The standard InChI is InChI=1S/C27H32N4O/c32-25-8-10-27(28-25)9-4-7-23(27)24-18-31(29-30(24)17-19-5-2-1-3-6-19)26-14-20-11-21(15-26)13-22(12-20)16-26/h1-3,5-7,18,20-22H,4,8-17H2/p+1/t20?,21?,22?,26?,27-/m0/s1. The molecule has 166 valence electrons. The molecule has 5 aliphatic carbocycles. The van der Waals surface area contributed by atoms with Gasteiger partial charge in [-0.2, -0.15) is 0 Å². The molecule has 6 aliphatic rings. The maximum Gasteiger partial charge on any atom is 0.220 e. The summed E-state index contributed by atoms with van der Waals surface area (Å²) >= 11 is 0. The Hall–Kier alpha value is -2.43. The predicted octanol–water partition coefficient (Wildman–Crippen LogP) is 3.97. The van der Waals surface area contributed by atoms with Gasteiger partial charge in [0.15, 0.2) is 11.9 Å². The van der Waals surface area contributed by atoms with Gasteiger partial charge in [-0.15, -0.1) is 9.36 Å². The van der Waals surface area contributed by atoms with Crippen molar-refractivity contribution in [3.05, 3.63) is 53.9 Å². The van der Waals surface area contributed by atoms with Crippen LogP contribution in [0, 0.1) is 17.8 Å². The van der Waals surface area contributed by atoms with Crippen LogP contribution in [0.3, 0.4) is 0 Å². The van der Waals surface area contributed by atoms with E-state index in [1.807, 2.05) is 0 Å². The van der Waals surface area contributed by atoms with Crippen LogP contribution in [0.25, 0.3) is 5.57 Å². The van der Waals surface area contributed by atoms with Gasteiger partial charge in [0.1, 0.15) is 12.1 Å². The van der Waals surface area contributed by atoms with Crippen LogP contribution in [-0.4, -0.2) is 21.3 Å². The number of rotatable bonds is 4. The van der Waals surface area contributed by atoms with Gasteiger partial charge in [-0.3, -0.25) is 4.79 Å². The number of nitrogens with one attached hydrogen (secondary N) is 1. The second-order valence-corrected chi connectivity index (χ2v) is 11.4. The number of aromatic nitrogens is 3. The Balaban J connectivity index is 1.32. The molecular weight excluding hydrogens is 396 g/mol. The molecule has 1 saturated heterocycles. The van der Waals surface area contributed by atoms with Crippen molar-refractivity contribution < 1.29 is 9.48 Å². The topological polar surface area (TPSA) is 50.8 Å². The van der Waals surface area contributed by atoms with Gasteiger partial charge in [0.25, 0.3) is 0 Å². The second kappa shape index (κ2) is 6.79. The lowest BCUT2D eigenvalue weighted by atomic mass is 9.53. The monoisotopic (exact) mass is 429 g/mol. The quantitative estimate of drug-likeness (QED) is 0.748. The highest BCUT2D eigenvalue weighted by Gasteiger charge is 2.56. The van der Waals surface area contributed by atoms with E-state index in [0.29, 0.717) is 6.42 Å². The van der Waals surface area contributed by atoms with Crippen LogP contribution in [0.5, 0.6) is 0 Å². The average Bonchev–Trinajstić information content (AvgIpc) is 3.47. The summed E-state index contributed by atoms with van der Waals surface area (Å²) in [5.41, 5.74) is 3.80. The number of amides is 1. The Bertz CT molecular complexity index is 1060. The first kappa shape index (κ1) is 19.1. The fraction of sp³-hybridized carbons (Fsp3) is 0.593.